The Hall–Kier alpha value is -5.28. The van der Waals surface area contributed by atoms with Crippen LogP contribution in [-0.2, 0) is 10.0 Å². The van der Waals surface area contributed by atoms with Crippen LogP contribution in [0.4, 0.5) is 10.6 Å². The Kier molecular flexibility index (Phi) is 6.20. The predicted molar refractivity (Wildman–Crippen MR) is 140 cm³/mol. The molecule has 188 valence electrons. The number of amides is 2. The number of urea groups is 1. The molecule has 3 aromatic carbocycles. The Morgan fingerprint density at radius 2 is 1.66 bits per heavy atom. The smallest absolute Gasteiger partial charge is 0.289 e. The van der Waals surface area contributed by atoms with E-state index in [0.717, 1.165) is 5.56 Å². The average Bonchev–Trinajstić information content (AvgIpc) is 3.31. The summed E-state index contributed by atoms with van der Waals surface area (Å²) in [5.41, 5.74) is 1.34. The van der Waals surface area contributed by atoms with Gasteiger partial charge in [0.2, 0.25) is 5.95 Å². The summed E-state index contributed by atoms with van der Waals surface area (Å²) in [5.74, 6) is -0.150. The summed E-state index contributed by atoms with van der Waals surface area (Å²) >= 11 is 0. The van der Waals surface area contributed by atoms with Crippen molar-refractivity contribution in [2.75, 3.05) is 5.32 Å². The standard InChI is InChI=1S/C26H19N7O4S/c1-17-11-13-20(14-12-17)38(36,37)31-25(35)29-23-18(15-27)16-32(30-23)26-28-22-10-6-5-9-21(22)24(34)33(26)19-7-3-2-4-8-19/h2-14,16H,1H3,(H2,29,30,31,35). The topological polar surface area (TPSA) is 152 Å². The number of carbonyl (C=O) groups is 1. The van der Waals surface area contributed by atoms with Gasteiger partial charge in [-0.1, -0.05) is 48.0 Å². The minimum Gasteiger partial charge on any atom is -0.289 e. The first-order chi connectivity index (χ1) is 18.3. The Balaban J connectivity index is 1.54. The average molecular weight is 526 g/mol. The first kappa shape index (κ1) is 24.4. The maximum absolute atomic E-state index is 13.4. The Morgan fingerprint density at radius 1 is 0.974 bits per heavy atom. The second-order valence-corrected chi connectivity index (χ2v) is 9.91. The van der Waals surface area contributed by atoms with Crippen molar-refractivity contribution in [3.63, 3.8) is 0 Å². The molecule has 2 N–H and O–H groups in total. The predicted octanol–water partition coefficient (Wildman–Crippen LogP) is 3.26. The highest BCUT2D eigenvalue weighted by Crippen LogP contribution is 2.19. The van der Waals surface area contributed by atoms with Crippen LogP contribution in [-0.4, -0.2) is 33.8 Å². The van der Waals surface area contributed by atoms with Gasteiger partial charge in [0.1, 0.15) is 11.6 Å². The van der Waals surface area contributed by atoms with Crippen molar-refractivity contribution in [3.8, 4) is 17.7 Å². The van der Waals surface area contributed by atoms with E-state index in [-0.39, 0.29) is 27.8 Å². The third-order valence-electron chi connectivity index (χ3n) is 5.60. The largest absolute Gasteiger partial charge is 0.334 e. The molecule has 0 bridgehead atoms. The van der Waals surface area contributed by atoms with Gasteiger partial charge in [-0.05, 0) is 43.3 Å². The molecule has 2 heterocycles. The number of hydrogen-bond acceptors (Lipinski definition) is 7. The van der Waals surface area contributed by atoms with Crippen molar-refractivity contribution in [2.24, 2.45) is 0 Å². The first-order valence-electron chi connectivity index (χ1n) is 11.2. The molecule has 0 unspecified atom stereocenters. The number of hydrogen-bond donors (Lipinski definition) is 2. The molecule has 5 aromatic rings. The fourth-order valence-electron chi connectivity index (χ4n) is 3.77. The monoisotopic (exact) mass is 525 g/mol. The number of nitriles is 1. The van der Waals surface area contributed by atoms with Crippen molar-refractivity contribution in [3.05, 3.63) is 107 Å². The number of sulfonamides is 1. The second kappa shape index (κ2) is 9.64. The van der Waals surface area contributed by atoms with E-state index in [1.807, 2.05) is 10.8 Å². The van der Waals surface area contributed by atoms with Crippen molar-refractivity contribution >= 4 is 32.8 Å². The maximum Gasteiger partial charge on any atom is 0.334 e. The molecule has 0 radical (unpaired) electrons. The van der Waals surface area contributed by atoms with Gasteiger partial charge < -0.3 is 0 Å². The number of nitrogens with zero attached hydrogens (tertiary/aromatic N) is 5. The molecule has 0 aliphatic rings. The highest BCUT2D eigenvalue weighted by molar-refractivity contribution is 7.90. The molecule has 0 saturated carbocycles. The quantitative estimate of drug-likeness (QED) is 0.357. The van der Waals surface area contributed by atoms with E-state index in [1.165, 1.54) is 27.6 Å². The molecular formula is C26H19N7O4S. The van der Waals surface area contributed by atoms with Gasteiger partial charge in [-0.25, -0.2) is 32.2 Å². The van der Waals surface area contributed by atoms with Gasteiger partial charge in [-0.15, -0.1) is 5.10 Å². The lowest BCUT2D eigenvalue weighted by molar-refractivity contribution is 0.256. The zero-order chi connectivity index (χ0) is 26.9. The number of aryl methyl sites for hydroxylation is 1. The Morgan fingerprint density at radius 3 is 2.37 bits per heavy atom. The second-order valence-electron chi connectivity index (χ2n) is 8.23. The lowest BCUT2D eigenvalue weighted by Crippen LogP contribution is -2.34. The van der Waals surface area contributed by atoms with Crippen molar-refractivity contribution in [2.45, 2.75) is 11.8 Å². The number of carbonyl (C=O) groups excluding carboxylic acids is 1. The van der Waals surface area contributed by atoms with E-state index < -0.39 is 16.1 Å². The summed E-state index contributed by atoms with van der Waals surface area (Å²) in [7, 11) is -4.17. The fourth-order valence-corrected chi connectivity index (χ4v) is 4.67. The lowest BCUT2D eigenvalue weighted by Gasteiger charge is -2.13. The van der Waals surface area contributed by atoms with Gasteiger partial charge in [0.15, 0.2) is 5.82 Å². The van der Waals surface area contributed by atoms with Crippen LogP contribution in [0.5, 0.6) is 0 Å². The molecule has 0 fully saturated rings. The summed E-state index contributed by atoms with van der Waals surface area (Å²) in [6.45, 7) is 1.80. The molecule has 11 nitrogen and oxygen atoms in total. The van der Waals surface area contributed by atoms with Gasteiger partial charge in [0, 0.05) is 0 Å². The highest BCUT2D eigenvalue weighted by Gasteiger charge is 2.22. The van der Waals surface area contributed by atoms with E-state index in [4.69, 9.17) is 0 Å². The van der Waals surface area contributed by atoms with E-state index in [1.54, 1.807) is 73.7 Å². The Labute approximate surface area is 216 Å². The van der Waals surface area contributed by atoms with Crippen LogP contribution >= 0.6 is 0 Å². The van der Waals surface area contributed by atoms with Crippen molar-refractivity contribution in [1.29, 1.82) is 5.26 Å². The van der Waals surface area contributed by atoms with Gasteiger partial charge in [-0.2, -0.15) is 5.26 Å². The molecule has 0 aliphatic heterocycles. The minimum absolute atomic E-state index is 0.0668. The molecule has 0 aliphatic carbocycles. The number of aromatic nitrogens is 4. The fraction of sp³-hybridized carbons (Fsp3) is 0.0385. The number of anilines is 1. The van der Waals surface area contributed by atoms with Gasteiger partial charge in [0.05, 0.1) is 27.7 Å². The molecule has 0 atom stereocenters. The summed E-state index contributed by atoms with van der Waals surface area (Å²) in [5, 5.41) is 16.6. The first-order valence-corrected chi connectivity index (χ1v) is 12.7. The van der Waals surface area contributed by atoms with Crippen LogP contribution in [0.2, 0.25) is 0 Å². The van der Waals surface area contributed by atoms with Crippen molar-refractivity contribution in [1.82, 2.24) is 24.1 Å². The van der Waals surface area contributed by atoms with Crippen LogP contribution < -0.4 is 15.6 Å². The third kappa shape index (κ3) is 4.61. The maximum atomic E-state index is 13.4. The van der Waals surface area contributed by atoms with Crippen LogP contribution in [0.15, 0.2) is 94.7 Å². The molecule has 0 spiro atoms. The molecule has 2 amide bonds. The van der Waals surface area contributed by atoms with E-state index in [2.05, 4.69) is 15.4 Å². The van der Waals surface area contributed by atoms with Crippen molar-refractivity contribution < 1.29 is 13.2 Å². The van der Waals surface area contributed by atoms with Gasteiger partial charge >= 0.3 is 6.03 Å². The zero-order valence-corrected chi connectivity index (χ0v) is 20.7. The highest BCUT2D eigenvalue weighted by atomic mass is 32.2. The molecule has 12 heteroatoms. The van der Waals surface area contributed by atoms with Crippen LogP contribution in [0.25, 0.3) is 22.5 Å². The Bertz CT molecular complexity index is 1890. The van der Waals surface area contributed by atoms with Crippen LogP contribution in [0.3, 0.4) is 0 Å². The molecular weight excluding hydrogens is 506 g/mol. The number of rotatable bonds is 5. The summed E-state index contributed by atoms with van der Waals surface area (Å²) in [4.78, 5) is 30.5. The molecule has 2 aromatic heterocycles. The van der Waals surface area contributed by atoms with Crippen LogP contribution in [0, 0.1) is 18.3 Å². The summed E-state index contributed by atoms with van der Waals surface area (Å²) < 4.78 is 29.6. The van der Waals surface area contributed by atoms with Gasteiger partial charge in [0.25, 0.3) is 15.6 Å². The summed E-state index contributed by atoms with van der Waals surface area (Å²) in [6, 6.07) is 22.3. The number of fused-ring (bicyclic) bond motifs is 1. The lowest BCUT2D eigenvalue weighted by atomic mass is 10.2. The summed E-state index contributed by atoms with van der Waals surface area (Å²) in [6.07, 6.45) is 1.29. The van der Waals surface area contributed by atoms with E-state index in [9.17, 15) is 23.3 Å². The molecule has 5 rings (SSSR count). The number of benzene rings is 3. The normalized spacial score (nSPS) is 11.2. The minimum atomic E-state index is -4.17. The van der Waals surface area contributed by atoms with Crippen LogP contribution in [0.1, 0.15) is 11.1 Å². The van der Waals surface area contributed by atoms with E-state index >= 15 is 0 Å². The van der Waals surface area contributed by atoms with E-state index in [0.29, 0.717) is 16.6 Å². The SMILES string of the molecule is Cc1ccc(S(=O)(=O)NC(=O)Nc2nn(-c3nc4ccccc4c(=O)n3-c3ccccc3)cc2C#N)cc1. The zero-order valence-electron chi connectivity index (χ0n) is 19.9. The van der Waals surface area contributed by atoms with Gasteiger partial charge in [-0.3, -0.25) is 10.1 Å². The molecule has 0 saturated heterocycles. The number of nitrogens with one attached hydrogen (secondary N) is 2. The molecule has 38 heavy (non-hydrogen) atoms. The third-order valence-corrected chi connectivity index (χ3v) is 6.95. The number of para-hydroxylation sites is 2.